The highest BCUT2D eigenvalue weighted by molar-refractivity contribution is 7.88. The van der Waals surface area contributed by atoms with E-state index in [1.54, 1.807) is 24.3 Å². The fourth-order valence-corrected chi connectivity index (χ4v) is 5.42. The number of halogens is 1. The third kappa shape index (κ3) is 5.81. The molecule has 0 bridgehead atoms. The van der Waals surface area contributed by atoms with Crippen molar-refractivity contribution in [3.8, 4) is 0 Å². The van der Waals surface area contributed by atoms with Gasteiger partial charge in [0.1, 0.15) is 0 Å². The van der Waals surface area contributed by atoms with E-state index >= 15 is 0 Å². The number of hydrogen-bond acceptors (Lipinski definition) is 3. The molecule has 0 radical (unpaired) electrons. The van der Waals surface area contributed by atoms with Crippen LogP contribution in [0.15, 0.2) is 54.6 Å². The lowest BCUT2D eigenvalue weighted by Gasteiger charge is -2.32. The number of nitrogens with zero attached hydrogens (tertiary/aromatic N) is 1. The zero-order valence-corrected chi connectivity index (χ0v) is 18.1. The van der Waals surface area contributed by atoms with Crippen molar-refractivity contribution in [3.63, 3.8) is 0 Å². The van der Waals surface area contributed by atoms with Gasteiger partial charge in [0.2, 0.25) is 15.9 Å². The molecule has 2 aromatic rings. The molecular weight excluding hydrogens is 408 g/mol. The number of amides is 1. The Morgan fingerprint density at radius 1 is 1.17 bits per heavy atom. The number of benzene rings is 2. The normalized spacial score (nSPS) is 18.9. The molecule has 2 atom stereocenters. The summed E-state index contributed by atoms with van der Waals surface area (Å²) in [4.78, 5) is 12.9. The molecule has 1 saturated heterocycles. The fraction of sp³-hybridized carbons (Fsp3) is 0.409. The summed E-state index contributed by atoms with van der Waals surface area (Å²) in [5, 5.41) is 3.68. The van der Waals surface area contributed by atoms with E-state index < -0.39 is 10.0 Å². The molecule has 2 aromatic carbocycles. The summed E-state index contributed by atoms with van der Waals surface area (Å²) in [6.07, 6.45) is 2.16. The van der Waals surface area contributed by atoms with Crippen LogP contribution in [0.5, 0.6) is 0 Å². The highest BCUT2D eigenvalue weighted by Crippen LogP contribution is 2.24. The molecule has 29 heavy (non-hydrogen) atoms. The first kappa shape index (κ1) is 21.8. The predicted molar refractivity (Wildman–Crippen MR) is 116 cm³/mol. The molecule has 0 spiro atoms. The van der Waals surface area contributed by atoms with Gasteiger partial charge in [-0.25, -0.2) is 12.7 Å². The Hall–Kier alpha value is -1.89. The number of carbonyl (C=O) groups excluding carboxylic acids is 1. The molecule has 5 nitrogen and oxygen atoms in total. The van der Waals surface area contributed by atoms with Crippen LogP contribution in [-0.2, 0) is 20.6 Å². The molecule has 156 valence electrons. The molecule has 2 unspecified atom stereocenters. The minimum atomic E-state index is -3.49. The smallest absolute Gasteiger partial charge is 0.224 e. The van der Waals surface area contributed by atoms with Crippen LogP contribution in [0.25, 0.3) is 0 Å². The number of hydrogen-bond donors (Lipinski definition) is 1. The summed E-state index contributed by atoms with van der Waals surface area (Å²) >= 11 is 5.88. The van der Waals surface area contributed by atoms with Crippen LogP contribution in [0, 0.1) is 5.92 Å². The Balaban J connectivity index is 1.64. The maximum absolute atomic E-state index is 12.9. The van der Waals surface area contributed by atoms with Crippen LogP contribution in [-0.4, -0.2) is 31.7 Å². The summed E-state index contributed by atoms with van der Waals surface area (Å²) < 4.78 is 27.2. The molecule has 3 rings (SSSR count). The van der Waals surface area contributed by atoms with E-state index in [-0.39, 0.29) is 30.2 Å². The zero-order chi connectivity index (χ0) is 20.9. The lowest BCUT2D eigenvalue weighted by atomic mass is 9.97. The molecule has 0 saturated carbocycles. The maximum Gasteiger partial charge on any atom is 0.224 e. The fourth-order valence-electron chi connectivity index (χ4n) is 3.69. The van der Waals surface area contributed by atoms with Crippen LogP contribution < -0.4 is 5.32 Å². The van der Waals surface area contributed by atoms with Crippen molar-refractivity contribution in [3.05, 3.63) is 70.7 Å². The summed E-state index contributed by atoms with van der Waals surface area (Å²) in [5.74, 6) is -0.492. The molecular formula is C22H27ClN2O3S. The van der Waals surface area contributed by atoms with Crippen molar-refractivity contribution in [1.29, 1.82) is 0 Å². The standard InChI is InChI=1S/C22H27ClN2O3S/c1-2-21(18-7-4-3-5-8-18)24-22(26)19-9-6-14-25(15-19)29(27,28)16-17-10-12-20(23)13-11-17/h3-5,7-8,10-13,19,21H,2,6,9,14-16H2,1H3,(H,24,26). The lowest BCUT2D eigenvalue weighted by molar-refractivity contribution is -0.126. The van der Waals surface area contributed by atoms with E-state index in [9.17, 15) is 13.2 Å². The molecule has 1 aliphatic heterocycles. The SMILES string of the molecule is CCC(NC(=O)C1CCCN(S(=O)(=O)Cc2ccc(Cl)cc2)C1)c1ccccc1. The second kappa shape index (κ2) is 9.74. The van der Waals surface area contributed by atoms with Gasteiger partial charge >= 0.3 is 0 Å². The van der Waals surface area contributed by atoms with Crippen LogP contribution in [0.1, 0.15) is 43.4 Å². The molecule has 1 heterocycles. The summed E-state index contributed by atoms with van der Waals surface area (Å²) in [6.45, 7) is 2.71. The first-order valence-corrected chi connectivity index (χ1v) is 12.0. The van der Waals surface area contributed by atoms with Crippen molar-refractivity contribution in [2.75, 3.05) is 13.1 Å². The van der Waals surface area contributed by atoms with Gasteiger partial charge in [-0.3, -0.25) is 4.79 Å². The topological polar surface area (TPSA) is 66.5 Å². The summed E-state index contributed by atoms with van der Waals surface area (Å²) in [6, 6.07) is 16.6. The largest absolute Gasteiger partial charge is 0.349 e. The zero-order valence-electron chi connectivity index (χ0n) is 16.6. The van der Waals surface area contributed by atoms with Crippen LogP contribution >= 0.6 is 11.6 Å². The molecule has 1 N–H and O–H groups in total. The van der Waals surface area contributed by atoms with Gasteiger partial charge in [0.25, 0.3) is 0 Å². The number of sulfonamides is 1. The van der Waals surface area contributed by atoms with Gasteiger partial charge in [0.15, 0.2) is 0 Å². The first-order chi connectivity index (χ1) is 13.9. The van der Waals surface area contributed by atoms with E-state index in [2.05, 4.69) is 5.32 Å². The minimum Gasteiger partial charge on any atom is -0.349 e. The number of piperidine rings is 1. The maximum atomic E-state index is 12.9. The second-order valence-corrected chi connectivity index (χ2v) is 9.87. The van der Waals surface area contributed by atoms with Crippen molar-refractivity contribution in [1.82, 2.24) is 9.62 Å². The quantitative estimate of drug-likeness (QED) is 0.711. The first-order valence-electron chi connectivity index (χ1n) is 9.96. The van der Waals surface area contributed by atoms with Crippen LogP contribution in [0.4, 0.5) is 0 Å². The molecule has 7 heteroatoms. The molecule has 0 aromatic heterocycles. The monoisotopic (exact) mass is 434 g/mol. The van der Waals surface area contributed by atoms with E-state index in [1.165, 1.54) is 4.31 Å². The van der Waals surface area contributed by atoms with Gasteiger partial charge < -0.3 is 5.32 Å². The van der Waals surface area contributed by atoms with Crippen LogP contribution in [0.2, 0.25) is 5.02 Å². The van der Waals surface area contributed by atoms with Gasteiger partial charge in [0.05, 0.1) is 17.7 Å². The second-order valence-electron chi connectivity index (χ2n) is 7.46. The van der Waals surface area contributed by atoms with Crippen molar-refractivity contribution >= 4 is 27.5 Å². The molecule has 1 amide bonds. The Labute approximate surface area is 178 Å². The third-order valence-corrected chi connectivity index (χ3v) is 7.41. The van der Waals surface area contributed by atoms with Gasteiger partial charge in [0, 0.05) is 18.1 Å². The molecule has 1 fully saturated rings. The number of nitrogens with one attached hydrogen (secondary N) is 1. The average Bonchev–Trinajstić information content (AvgIpc) is 2.74. The average molecular weight is 435 g/mol. The van der Waals surface area contributed by atoms with E-state index in [1.807, 2.05) is 37.3 Å². The summed E-state index contributed by atoms with van der Waals surface area (Å²) in [5.41, 5.74) is 1.75. The Kier molecular flexibility index (Phi) is 7.33. The van der Waals surface area contributed by atoms with Gasteiger partial charge in [-0.1, -0.05) is 61.0 Å². The summed E-state index contributed by atoms with van der Waals surface area (Å²) in [7, 11) is -3.49. The van der Waals surface area contributed by atoms with E-state index in [4.69, 9.17) is 11.6 Å². The lowest BCUT2D eigenvalue weighted by Crippen LogP contribution is -2.46. The van der Waals surface area contributed by atoms with Crippen molar-refractivity contribution in [2.45, 2.75) is 38.0 Å². The highest BCUT2D eigenvalue weighted by Gasteiger charge is 2.33. The number of carbonyl (C=O) groups is 1. The van der Waals surface area contributed by atoms with Gasteiger partial charge in [-0.15, -0.1) is 0 Å². The number of rotatable bonds is 7. The van der Waals surface area contributed by atoms with E-state index in [0.29, 0.717) is 30.0 Å². The Morgan fingerprint density at radius 3 is 2.52 bits per heavy atom. The molecule has 1 aliphatic rings. The predicted octanol–water partition coefficient (Wildman–Crippen LogP) is 4.15. The Bertz CT molecular complexity index is 917. The highest BCUT2D eigenvalue weighted by atomic mass is 35.5. The third-order valence-electron chi connectivity index (χ3n) is 5.34. The van der Waals surface area contributed by atoms with E-state index in [0.717, 1.165) is 12.0 Å². The van der Waals surface area contributed by atoms with Crippen LogP contribution in [0.3, 0.4) is 0 Å². The Morgan fingerprint density at radius 2 is 1.86 bits per heavy atom. The van der Waals surface area contributed by atoms with Crippen molar-refractivity contribution < 1.29 is 13.2 Å². The minimum absolute atomic E-state index is 0.0650. The molecule has 0 aliphatic carbocycles. The van der Waals surface area contributed by atoms with Gasteiger partial charge in [-0.2, -0.15) is 0 Å². The van der Waals surface area contributed by atoms with Gasteiger partial charge in [-0.05, 0) is 42.5 Å². The van der Waals surface area contributed by atoms with Crippen molar-refractivity contribution in [2.24, 2.45) is 5.92 Å².